The van der Waals surface area contributed by atoms with Gasteiger partial charge >= 0.3 is 57.8 Å². The standard InChI is InChI=1S/C6H13OTe/c1-2-8-5-3-7-4-6-8/h2-6H2,1H3/q+1. The molecule has 0 amide bonds. The first kappa shape index (κ1) is 6.86. The van der Waals surface area contributed by atoms with Crippen molar-refractivity contribution in [2.75, 3.05) is 13.2 Å². The van der Waals surface area contributed by atoms with Gasteiger partial charge in [0.15, 0.2) is 0 Å². The van der Waals surface area contributed by atoms with Crippen molar-refractivity contribution in [2.45, 2.75) is 20.3 Å². The van der Waals surface area contributed by atoms with Crippen molar-refractivity contribution in [1.29, 1.82) is 0 Å². The van der Waals surface area contributed by atoms with Crippen LogP contribution in [0.2, 0.25) is 13.4 Å². The molecule has 1 heterocycles. The van der Waals surface area contributed by atoms with Gasteiger partial charge in [0.2, 0.25) is 0 Å². The normalized spacial score (nSPS) is 23.6. The SMILES string of the molecule is CC[Te+]1CCOCC1. The van der Waals surface area contributed by atoms with E-state index in [2.05, 4.69) is 6.92 Å². The summed E-state index contributed by atoms with van der Waals surface area (Å²) in [5.41, 5.74) is 0. The minimum atomic E-state index is -0.497. The molecule has 2 heteroatoms. The van der Waals surface area contributed by atoms with Crippen LogP contribution >= 0.6 is 0 Å². The third-order valence-corrected chi connectivity index (χ3v) is 8.02. The monoisotopic (exact) mass is 231 g/mol. The molecule has 0 N–H and O–H groups in total. The molecule has 0 bridgehead atoms. The summed E-state index contributed by atoms with van der Waals surface area (Å²) in [6.07, 6.45) is 0. The van der Waals surface area contributed by atoms with E-state index >= 15 is 0 Å². The second-order valence-corrected chi connectivity index (χ2v) is 9.40. The van der Waals surface area contributed by atoms with E-state index < -0.39 is 19.6 Å². The molecule has 0 atom stereocenters. The summed E-state index contributed by atoms with van der Waals surface area (Å²) in [4.78, 5) is 0. The quantitative estimate of drug-likeness (QED) is 0.619. The fourth-order valence-corrected chi connectivity index (χ4v) is 5.09. The molecule has 48 valence electrons. The van der Waals surface area contributed by atoms with E-state index in [1.165, 1.54) is 13.4 Å². The number of ether oxygens (including phenoxy) is 1. The molecule has 1 nitrogen and oxygen atoms in total. The summed E-state index contributed by atoms with van der Waals surface area (Å²) < 4.78 is 9.67. The Bertz CT molecular complexity index is 59.5. The van der Waals surface area contributed by atoms with Crippen LogP contribution in [0, 0.1) is 0 Å². The van der Waals surface area contributed by atoms with Gasteiger partial charge in [-0.1, -0.05) is 0 Å². The zero-order chi connectivity index (χ0) is 5.82. The van der Waals surface area contributed by atoms with Gasteiger partial charge in [0.05, 0.1) is 0 Å². The van der Waals surface area contributed by atoms with E-state index in [-0.39, 0.29) is 0 Å². The van der Waals surface area contributed by atoms with Crippen molar-refractivity contribution in [3.05, 3.63) is 0 Å². The van der Waals surface area contributed by atoms with Crippen molar-refractivity contribution >= 4 is 19.6 Å². The van der Waals surface area contributed by atoms with Crippen molar-refractivity contribution in [1.82, 2.24) is 0 Å². The molecule has 0 radical (unpaired) electrons. The van der Waals surface area contributed by atoms with Crippen LogP contribution in [-0.2, 0) is 4.74 Å². The molecule has 0 unspecified atom stereocenters. The van der Waals surface area contributed by atoms with Crippen LogP contribution in [0.25, 0.3) is 0 Å². The van der Waals surface area contributed by atoms with Crippen molar-refractivity contribution in [2.24, 2.45) is 0 Å². The Hall–Kier alpha value is 0.750. The Morgan fingerprint density at radius 3 is 2.38 bits per heavy atom. The third kappa shape index (κ3) is 1.93. The first-order valence-corrected chi connectivity index (χ1v) is 8.09. The second-order valence-electron chi connectivity index (χ2n) is 1.92. The summed E-state index contributed by atoms with van der Waals surface area (Å²) in [6, 6.07) is 0. The van der Waals surface area contributed by atoms with E-state index in [0.717, 1.165) is 13.2 Å². The average molecular weight is 229 g/mol. The van der Waals surface area contributed by atoms with Gasteiger partial charge in [-0.3, -0.25) is 0 Å². The molecule has 0 aromatic carbocycles. The van der Waals surface area contributed by atoms with Gasteiger partial charge in [0.1, 0.15) is 0 Å². The molecule has 0 aliphatic carbocycles. The molecular weight excluding hydrogens is 216 g/mol. The van der Waals surface area contributed by atoms with Crippen molar-refractivity contribution in [3.8, 4) is 0 Å². The van der Waals surface area contributed by atoms with Gasteiger partial charge in [-0.2, -0.15) is 0 Å². The first-order valence-electron chi connectivity index (χ1n) is 3.15. The third-order valence-electron chi connectivity index (χ3n) is 1.44. The van der Waals surface area contributed by atoms with Gasteiger partial charge < -0.3 is 0 Å². The van der Waals surface area contributed by atoms with Gasteiger partial charge in [-0.05, 0) is 0 Å². The topological polar surface area (TPSA) is 9.23 Å². The molecule has 1 saturated heterocycles. The van der Waals surface area contributed by atoms with E-state index in [1.54, 1.807) is 0 Å². The summed E-state index contributed by atoms with van der Waals surface area (Å²) in [5.74, 6) is 0. The van der Waals surface area contributed by atoms with Gasteiger partial charge in [0.25, 0.3) is 0 Å². The summed E-state index contributed by atoms with van der Waals surface area (Å²) >= 11 is -0.497. The van der Waals surface area contributed by atoms with E-state index in [4.69, 9.17) is 4.74 Å². The molecule has 0 spiro atoms. The van der Waals surface area contributed by atoms with Crippen LogP contribution in [0.3, 0.4) is 0 Å². The maximum atomic E-state index is 5.24. The van der Waals surface area contributed by atoms with Crippen LogP contribution < -0.4 is 0 Å². The van der Waals surface area contributed by atoms with Crippen molar-refractivity contribution in [3.63, 3.8) is 0 Å². The van der Waals surface area contributed by atoms with Crippen LogP contribution in [-0.4, -0.2) is 32.8 Å². The Balaban J connectivity index is 2.13. The second kappa shape index (κ2) is 3.71. The predicted molar refractivity (Wildman–Crippen MR) is 36.7 cm³/mol. The fraction of sp³-hybridized carbons (Fsp3) is 1.00. The van der Waals surface area contributed by atoms with E-state index in [1.807, 2.05) is 0 Å². The Morgan fingerprint density at radius 1 is 1.38 bits per heavy atom. The summed E-state index contributed by atoms with van der Waals surface area (Å²) in [5, 5.41) is 0. The van der Waals surface area contributed by atoms with Gasteiger partial charge in [-0.15, -0.1) is 0 Å². The van der Waals surface area contributed by atoms with E-state index in [9.17, 15) is 0 Å². The zero-order valence-electron chi connectivity index (χ0n) is 5.35. The molecule has 1 aliphatic rings. The number of rotatable bonds is 1. The van der Waals surface area contributed by atoms with Crippen LogP contribution in [0.15, 0.2) is 0 Å². The Morgan fingerprint density at radius 2 is 2.00 bits per heavy atom. The molecule has 8 heavy (non-hydrogen) atoms. The van der Waals surface area contributed by atoms with Gasteiger partial charge in [-0.25, -0.2) is 0 Å². The fourth-order valence-electron chi connectivity index (χ4n) is 0.846. The first-order chi connectivity index (χ1) is 3.93. The maximum absolute atomic E-state index is 5.24. The molecule has 1 aliphatic heterocycles. The van der Waals surface area contributed by atoms with Crippen LogP contribution in [0.4, 0.5) is 0 Å². The molecule has 1 rings (SSSR count). The predicted octanol–water partition coefficient (Wildman–Crippen LogP) is 1.53. The Labute approximate surface area is 58.1 Å². The van der Waals surface area contributed by atoms with Gasteiger partial charge in [0, 0.05) is 0 Å². The summed E-state index contributed by atoms with van der Waals surface area (Å²) in [7, 11) is 0. The number of hydrogen-bond acceptors (Lipinski definition) is 1. The van der Waals surface area contributed by atoms with Crippen LogP contribution in [0.1, 0.15) is 6.92 Å². The molecule has 1 fully saturated rings. The molecule has 0 saturated carbocycles. The molecule has 0 aromatic heterocycles. The molecular formula is C6H13OTe+. The molecule has 0 aromatic rings. The van der Waals surface area contributed by atoms with E-state index in [0.29, 0.717) is 0 Å². The zero-order valence-corrected chi connectivity index (χ0v) is 7.68. The number of hydrogen-bond donors (Lipinski definition) is 0. The minimum absolute atomic E-state index is 0.497. The summed E-state index contributed by atoms with van der Waals surface area (Å²) in [6.45, 7) is 4.48. The average Bonchev–Trinajstić information content (AvgIpc) is 1.90. The van der Waals surface area contributed by atoms with Crippen LogP contribution in [0.5, 0.6) is 0 Å². The van der Waals surface area contributed by atoms with Crippen molar-refractivity contribution < 1.29 is 4.74 Å². The Kier molecular flexibility index (Phi) is 3.19.